The van der Waals surface area contributed by atoms with E-state index in [2.05, 4.69) is 17.2 Å². The molecule has 0 fully saturated rings. The molecule has 112 valence electrons. The van der Waals surface area contributed by atoms with Gasteiger partial charge in [-0.1, -0.05) is 25.1 Å². The lowest BCUT2D eigenvalue weighted by Gasteiger charge is -2.24. The van der Waals surface area contributed by atoms with Crippen LogP contribution in [0.5, 0.6) is 0 Å². The Balaban J connectivity index is 2.21. The van der Waals surface area contributed by atoms with Crippen LogP contribution in [0.25, 0.3) is 0 Å². The van der Waals surface area contributed by atoms with Crippen LogP contribution in [0.4, 0.5) is 15.9 Å². The minimum Gasteiger partial charge on any atom is -0.370 e. The maximum absolute atomic E-state index is 14.0. The first kappa shape index (κ1) is 15.3. The molecule has 1 aromatic heterocycles. The van der Waals surface area contributed by atoms with Crippen molar-refractivity contribution in [3.8, 4) is 0 Å². The number of pyridine rings is 1. The predicted octanol–water partition coefficient (Wildman–Crippen LogP) is 4.07. The maximum atomic E-state index is 14.0. The van der Waals surface area contributed by atoms with Gasteiger partial charge >= 0.3 is 0 Å². The van der Waals surface area contributed by atoms with Crippen molar-refractivity contribution in [1.29, 1.82) is 0 Å². The van der Waals surface area contributed by atoms with Gasteiger partial charge in [-0.25, -0.2) is 9.37 Å². The Hall–Kier alpha value is -2.10. The smallest absolute Gasteiger partial charge is 0.146 e. The number of para-hydroxylation sites is 1. The van der Waals surface area contributed by atoms with Crippen LogP contribution in [0, 0.1) is 5.82 Å². The predicted molar refractivity (Wildman–Crippen MR) is 86.1 cm³/mol. The second kappa shape index (κ2) is 7.62. The summed E-state index contributed by atoms with van der Waals surface area (Å²) in [6, 6.07) is 10.8. The summed E-state index contributed by atoms with van der Waals surface area (Å²) < 4.78 is 14.0. The van der Waals surface area contributed by atoms with Crippen LogP contribution in [0.2, 0.25) is 0 Å². The van der Waals surface area contributed by atoms with Crippen LogP contribution in [0.3, 0.4) is 0 Å². The average molecular weight is 287 g/mol. The van der Waals surface area contributed by atoms with Crippen molar-refractivity contribution < 1.29 is 4.39 Å². The summed E-state index contributed by atoms with van der Waals surface area (Å²) in [5.74, 6) is 0.695. The molecule has 0 bridgehead atoms. The molecule has 4 heteroatoms. The highest BCUT2D eigenvalue weighted by Gasteiger charge is 2.12. The molecule has 3 nitrogen and oxygen atoms in total. The largest absolute Gasteiger partial charge is 0.370 e. The van der Waals surface area contributed by atoms with Crippen LogP contribution < -0.4 is 10.2 Å². The quantitative estimate of drug-likeness (QED) is 0.832. The molecule has 0 atom stereocenters. The minimum atomic E-state index is -0.189. The first-order chi connectivity index (χ1) is 10.3. The summed E-state index contributed by atoms with van der Waals surface area (Å²) in [5.41, 5.74) is 1.71. The second-order valence-corrected chi connectivity index (χ2v) is 4.90. The number of halogens is 1. The fourth-order valence-electron chi connectivity index (χ4n) is 2.25. The fourth-order valence-corrected chi connectivity index (χ4v) is 2.25. The Labute approximate surface area is 125 Å². The van der Waals surface area contributed by atoms with Crippen LogP contribution in [-0.2, 0) is 6.54 Å². The van der Waals surface area contributed by atoms with Gasteiger partial charge in [0.2, 0.25) is 0 Å². The van der Waals surface area contributed by atoms with E-state index >= 15 is 0 Å². The summed E-state index contributed by atoms with van der Waals surface area (Å²) in [4.78, 5) is 6.41. The Kier molecular flexibility index (Phi) is 5.55. The van der Waals surface area contributed by atoms with E-state index in [-0.39, 0.29) is 5.82 Å². The van der Waals surface area contributed by atoms with Gasteiger partial charge in [-0.3, -0.25) is 0 Å². The number of nitrogens with zero attached hydrogens (tertiary/aromatic N) is 2. The molecule has 0 radical (unpaired) electrons. The van der Waals surface area contributed by atoms with Gasteiger partial charge in [-0.2, -0.15) is 0 Å². The Morgan fingerprint density at radius 1 is 1.14 bits per heavy atom. The molecule has 0 aliphatic carbocycles. The fraction of sp³-hybridized carbons (Fsp3) is 0.353. The summed E-state index contributed by atoms with van der Waals surface area (Å²) in [7, 11) is 0. The molecule has 1 heterocycles. The summed E-state index contributed by atoms with van der Waals surface area (Å²) in [6.07, 6.45) is 2.82. The molecule has 0 unspecified atom stereocenters. The molecule has 21 heavy (non-hydrogen) atoms. The van der Waals surface area contributed by atoms with E-state index in [1.165, 1.54) is 6.07 Å². The number of anilines is 2. The van der Waals surface area contributed by atoms with E-state index < -0.39 is 0 Å². The van der Waals surface area contributed by atoms with Crippen molar-refractivity contribution in [3.05, 3.63) is 54.0 Å². The Morgan fingerprint density at radius 3 is 2.67 bits per heavy atom. The SMILES string of the molecule is CCCNc1ncccc1CN(CC)c1ccccc1F. The van der Waals surface area contributed by atoms with Gasteiger partial charge in [0.05, 0.1) is 5.69 Å². The molecule has 0 saturated heterocycles. The second-order valence-electron chi connectivity index (χ2n) is 4.90. The van der Waals surface area contributed by atoms with E-state index in [0.29, 0.717) is 12.2 Å². The highest BCUT2D eigenvalue weighted by molar-refractivity contribution is 5.51. The third-order valence-electron chi connectivity index (χ3n) is 3.37. The molecule has 0 saturated carbocycles. The van der Waals surface area contributed by atoms with Gasteiger partial charge < -0.3 is 10.2 Å². The molecule has 2 rings (SSSR count). The molecular weight excluding hydrogens is 265 g/mol. The number of hydrogen-bond acceptors (Lipinski definition) is 3. The van der Waals surface area contributed by atoms with Crippen LogP contribution >= 0.6 is 0 Å². The number of benzene rings is 1. The molecule has 1 N–H and O–H groups in total. The lowest BCUT2D eigenvalue weighted by Crippen LogP contribution is -2.24. The summed E-state index contributed by atoms with van der Waals surface area (Å²) in [6.45, 7) is 6.41. The number of hydrogen-bond donors (Lipinski definition) is 1. The zero-order valence-electron chi connectivity index (χ0n) is 12.6. The van der Waals surface area contributed by atoms with Crippen molar-refractivity contribution >= 4 is 11.5 Å². The summed E-state index contributed by atoms with van der Waals surface area (Å²) in [5, 5.41) is 3.33. The average Bonchev–Trinajstić information content (AvgIpc) is 2.52. The highest BCUT2D eigenvalue weighted by Crippen LogP contribution is 2.22. The van der Waals surface area contributed by atoms with E-state index in [4.69, 9.17) is 0 Å². The monoisotopic (exact) mass is 287 g/mol. The maximum Gasteiger partial charge on any atom is 0.146 e. The number of rotatable bonds is 7. The van der Waals surface area contributed by atoms with E-state index in [0.717, 1.165) is 30.9 Å². The van der Waals surface area contributed by atoms with Crippen molar-refractivity contribution in [3.63, 3.8) is 0 Å². The van der Waals surface area contributed by atoms with Gasteiger partial charge in [0.25, 0.3) is 0 Å². The molecule has 0 aliphatic rings. The lowest BCUT2D eigenvalue weighted by atomic mass is 10.2. The van der Waals surface area contributed by atoms with E-state index in [1.54, 1.807) is 12.3 Å². The van der Waals surface area contributed by atoms with Crippen molar-refractivity contribution in [1.82, 2.24) is 4.98 Å². The van der Waals surface area contributed by atoms with Gasteiger partial charge in [0.1, 0.15) is 11.6 Å². The first-order valence-electron chi connectivity index (χ1n) is 7.43. The molecule has 0 spiro atoms. The van der Waals surface area contributed by atoms with Crippen molar-refractivity contribution in [2.75, 3.05) is 23.3 Å². The normalized spacial score (nSPS) is 10.4. The zero-order valence-corrected chi connectivity index (χ0v) is 12.6. The van der Waals surface area contributed by atoms with E-state index in [9.17, 15) is 4.39 Å². The van der Waals surface area contributed by atoms with E-state index in [1.807, 2.05) is 36.1 Å². The molecule has 0 aliphatic heterocycles. The van der Waals surface area contributed by atoms with Gasteiger partial charge in [-0.15, -0.1) is 0 Å². The topological polar surface area (TPSA) is 28.2 Å². The molecule has 2 aromatic rings. The third kappa shape index (κ3) is 3.94. The standard InChI is InChI=1S/C17H22FN3/c1-3-11-19-17-14(8-7-12-20-17)13-21(4-2)16-10-6-5-9-15(16)18/h5-10,12H,3-4,11,13H2,1-2H3,(H,19,20). The Morgan fingerprint density at radius 2 is 1.95 bits per heavy atom. The lowest BCUT2D eigenvalue weighted by molar-refractivity contribution is 0.618. The van der Waals surface area contributed by atoms with Gasteiger partial charge in [-0.05, 0) is 31.5 Å². The van der Waals surface area contributed by atoms with Crippen molar-refractivity contribution in [2.45, 2.75) is 26.8 Å². The van der Waals surface area contributed by atoms with Gasteiger partial charge in [0.15, 0.2) is 0 Å². The van der Waals surface area contributed by atoms with Crippen LogP contribution in [0.15, 0.2) is 42.6 Å². The van der Waals surface area contributed by atoms with Crippen molar-refractivity contribution in [2.24, 2.45) is 0 Å². The molecule has 1 aromatic carbocycles. The molecule has 0 amide bonds. The highest BCUT2D eigenvalue weighted by atomic mass is 19.1. The first-order valence-corrected chi connectivity index (χ1v) is 7.43. The summed E-state index contributed by atoms with van der Waals surface area (Å²) >= 11 is 0. The van der Waals surface area contributed by atoms with Crippen LogP contribution in [-0.4, -0.2) is 18.1 Å². The zero-order chi connectivity index (χ0) is 15.1. The Bertz CT molecular complexity index is 571. The number of nitrogens with one attached hydrogen (secondary N) is 1. The van der Waals surface area contributed by atoms with Gasteiger partial charge in [0, 0.05) is 31.4 Å². The third-order valence-corrected chi connectivity index (χ3v) is 3.37. The number of aromatic nitrogens is 1. The van der Waals surface area contributed by atoms with Crippen LogP contribution in [0.1, 0.15) is 25.8 Å². The molecular formula is C17H22FN3. The minimum absolute atomic E-state index is 0.189.